The molecule has 1 N–H and O–H groups in total. The van der Waals surface area contributed by atoms with Gasteiger partial charge in [-0.15, -0.1) is 11.3 Å². The highest BCUT2D eigenvalue weighted by atomic mass is 32.1. The van der Waals surface area contributed by atoms with Crippen LogP contribution in [0.25, 0.3) is 0 Å². The molecule has 0 aromatic carbocycles. The zero-order chi connectivity index (χ0) is 11.3. The molecule has 2 nitrogen and oxygen atoms in total. The molecular formula is C12H22N2S. The number of nitrogens with one attached hydrogen (secondary N) is 1. The van der Waals surface area contributed by atoms with Gasteiger partial charge in [0.15, 0.2) is 0 Å². The van der Waals surface area contributed by atoms with Crippen LogP contribution in [0.15, 0.2) is 11.7 Å². The fraction of sp³-hybridized carbons (Fsp3) is 0.750. The van der Waals surface area contributed by atoms with Gasteiger partial charge in [0.25, 0.3) is 0 Å². The van der Waals surface area contributed by atoms with Crippen LogP contribution in [0.5, 0.6) is 0 Å². The van der Waals surface area contributed by atoms with Crippen molar-refractivity contribution in [2.24, 2.45) is 11.3 Å². The second-order valence-corrected chi connectivity index (χ2v) is 6.01. The molecule has 1 atom stereocenters. The third kappa shape index (κ3) is 4.31. The lowest BCUT2D eigenvalue weighted by molar-refractivity contribution is 0.233. The molecule has 0 aliphatic heterocycles. The third-order valence-electron chi connectivity index (χ3n) is 2.80. The van der Waals surface area contributed by atoms with Crippen LogP contribution < -0.4 is 5.32 Å². The summed E-state index contributed by atoms with van der Waals surface area (Å²) >= 11 is 1.76. The van der Waals surface area contributed by atoms with Gasteiger partial charge in [0.1, 0.15) is 0 Å². The molecule has 1 unspecified atom stereocenters. The molecule has 0 saturated heterocycles. The van der Waals surface area contributed by atoms with E-state index in [9.17, 15) is 0 Å². The number of aromatic nitrogens is 1. The molecular weight excluding hydrogens is 204 g/mol. The minimum Gasteiger partial charge on any atom is -0.317 e. The Morgan fingerprint density at radius 1 is 1.47 bits per heavy atom. The van der Waals surface area contributed by atoms with E-state index in [2.05, 4.69) is 38.0 Å². The van der Waals surface area contributed by atoms with E-state index in [-0.39, 0.29) is 0 Å². The summed E-state index contributed by atoms with van der Waals surface area (Å²) in [6, 6.07) is 0. The predicted molar refractivity (Wildman–Crippen MR) is 67.3 cm³/mol. The van der Waals surface area contributed by atoms with E-state index < -0.39 is 0 Å². The van der Waals surface area contributed by atoms with Gasteiger partial charge in [0.05, 0.1) is 5.51 Å². The van der Waals surface area contributed by atoms with E-state index in [0.717, 1.165) is 19.5 Å². The standard InChI is InChI=1S/C12H22N2S/c1-5-13-7-10(12(2,3)4)6-11-8-14-9-15-11/h8-10,13H,5-7H2,1-4H3. The smallest absolute Gasteiger partial charge is 0.0794 e. The molecule has 15 heavy (non-hydrogen) atoms. The third-order valence-corrected chi connectivity index (χ3v) is 3.60. The van der Waals surface area contributed by atoms with Crippen LogP contribution in [-0.2, 0) is 6.42 Å². The van der Waals surface area contributed by atoms with Crippen molar-refractivity contribution in [2.75, 3.05) is 13.1 Å². The minimum atomic E-state index is 0.353. The lowest BCUT2D eigenvalue weighted by Gasteiger charge is -2.30. The quantitative estimate of drug-likeness (QED) is 0.835. The summed E-state index contributed by atoms with van der Waals surface area (Å²) in [5.74, 6) is 0.679. The molecule has 0 amide bonds. The van der Waals surface area contributed by atoms with E-state index in [1.807, 2.05) is 11.7 Å². The highest BCUT2D eigenvalue weighted by molar-refractivity contribution is 7.09. The largest absolute Gasteiger partial charge is 0.317 e. The number of hydrogen-bond acceptors (Lipinski definition) is 3. The van der Waals surface area contributed by atoms with E-state index in [0.29, 0.717) is 11.3 Å². The molecule has 0 fully saturated rings. The number of thiazole rings is 1. The maximum absolute atomic E-state index is 4.14. The summed E-state index contributed by atoms with van der Waals surface area (Å²) in [6.45, 7) is 11.3. The van der Waals surface area contributed by atoms with E-state index in [1.54, 1.807) is 11.3 Å². The summed E-state index contributed by atoms with van der Waals surface area (Å²) in [4.78, 5) is 5.53. The first kappa shape index (κ1) is 12.7. The van der Waals surface area contributed by atoms with Crippen LogP contribution in [0.4, 0.5) is 0 Å². The van der Waals surface area contributed by atoms with E-state index in [1.165, 1.54) is 4.88 Å². The first-order valence-corrected chi connectivity index (χ1v) is 6.50. The molecule has 0 aliphatic rings. The maximum atomic E-state index is 4.14. The van der Waals surface area contributed by atoms with Crippen LogP contribution in [-0.4, -0.2) is 18.1 Å². The Morgan fingerprint density at radius 2 is 2.20 bits per heavy atom. The molecule has 86 valence electrons. The summed E-state index contributed by atoms with van der Waals surface area (Å²) in [5, 5.41) is 3.45. The fourth-order valence-corrected chi connectivity index (χ4v) is 2.27. The summed E-state index contributed by atoms with van der Waals surface area (Å²) in [5.41, 5.74) is 2.27. The molecule has 0 aliphatic carbocycles. The zero-order valence-electron chi connectivity index (χ0n) is 10.2. The first-order valence-electron chi connectivity index (χ1n) is 5.62. The fourth-order valence-electron chi connectivity index (χ4n) is 1.59. The molecule has 0 radical (unpaired) electrons. The minimum absolute atomic E-state index is 0.353. The van der Waals surface area contributed by atoms with Gasteiger partial charge >= 0.3 is 0 Å². The van der Waals surface area contributed by atoms with E-state index >= 15 is 0 Å². The van der Waals surface area contributed by atoms with Crippen molar-refractivity contribution in [1.82, 2.24) is 10.3 Å². The lowest BCUT2D eigenvalue weighted by Crippen LogP contribution is -2.33. The van der Waals surface area contributed by atoms with Crippen LogP contribution in [0.1, 0.15) is 32.6 Å². The van der Waals surface area contributed by atoms with Crippen LogP contribution in [0.2, 0.25) is 0 Å². The summed E-state index contributed by atoms with van der Waals surface area (Å²) in [7, 11) is 0. The Balaban J connectivity index is 2.57. The average molecular weight is 226 g/mol. The van der Waals surface area contributed by atoms with Crippen LogP contribution in [0.3, 0.4) is 0 Å². The zero-order valence-corrected chi connectivity index (χ0v) is 11.0. The van der Waals surface area contributed by atoms with Gasteiger partial charge in [-0.3, -0.25) is 4.98 Å². The molecule has 0 spiro atoms. The topological polar surface area (TPSA) is 24.9 Å². The van der Waals surface area contributed by atoms with Crippen molar-refractivity contribution in [3.8, 4) is 0 Å². The van der Waals surface area contributed by atoms with Crippen molar-refractivity contribution in [3.63, 3.8) is 0 Å². The molecule has 1 heterocycles. The molecule has 0 bridgehead atoms. The van der Waals surface area contributed by atoms with Gasteiger partial charge in [0, 0.05) is 11.1 Å². The van der Waals surface area contributed by atoms with Crippen LogP contribution in [0, 0.1) is 11.3 Å². The molecule has 0 saturated carbocycles. The molecule has 1 aromatic heterocycles. The van der Waals surface area contributed by atoms with Gasteiger partial charge in [-0.2, -0.15) is 0 Å². The maximum Gasteiger partial charge on any atom is 0.0794 e. The Labute approximate surface area is 97.1 Å². The molecule has 1 aromatic rings. The van der Waals surface area contributed by atoms with Crippen molar-refractivity contribution < 1.29 is 0 Å². The van der Waals surface area contributed by atoms with Gasteiger partial charge < -0.3 is 5.32 Å². The lowest BCUT2D eigenvalue weighted by atomic mass is 9.78. The second kappa shape index (κ2) is 5.61. The number of rotatable bonds is 5. The first-order chi connectivity index (χ1) is 7.04. The van der Waals surface area contributed by atoms with Crippen molar-refractivity contribution in [1.29, 1.82) is 0 Å². The Bertz CT molecular complexity index is 262. The Morgan fingerprint density at radius 3 is 2.67 bits per heavy atom. The Hall–Kier alpha value is -0.410. The highest BCUT2D eigenvalue weighted by Gasteiger charge is 2.24. The second-order valence-electron chi connectivity index (χ2n) is 5.04. The normalized spacial score (nSPS) is 14.1. The van der Waals surface area contributed by atoms with Crippen LogP contribution >= 0.6 is 11.3 Å². The van der Waals surface area contributed by atoms with Crippen molar-refractivity contribution >= 4 is 11.3 Å². The number of hydrogen-bond donors (Lipinski definition) is 1. The van der Waals surface area contributed by atoms with Gasteiger partial charge in [-0.25, -0.2) is 0 Å². The summed E-state index contributed by atoms with van der Waals surface area (Å²) < 4.78 is 0. The van der Waals surface area contributed by atoms with Crippen molar-refractivity contribution in [2.45, 2.75) is 34.1 Å². The molecule has 1 rings (SSSR count). The summed E-state index contributed by atoms with van der Waals surface area (Å²) in [6.07, 6.45) is 3.14. The average Bonchev–Trinajstić information content (AvgIpc) is 2.62. The SMILES string of the molecule is CCNCC(Cc1cncs1)C(C)(C)C. The van der Waals surface area contributed by atoms with E-state index in [4.69, 9.17) is 0 Å². The Kier molecular flexibility index (Phi) is 4.74. The van der Waals surface area contributed by atoms with Gasteiger partial charge in [-0.1, -0.05) is 27.7 Å². The monoisotopic (exact) mass is 226 g/mol. The predicted octanol–water partition coefficient (Wildman–Crippen LogP) is 2.96. The van der Waals surface area contributed by atoms with Gasteiger partial charge in [0.2, 0.25) is 0 Å². The van der Waals surface area contributed by atoms with Gasteiger partial charge in [-0.05, 0) is 30.8 Å². The highest BCUT2D eigenvalue weighted by Crippen LogP contribution is 2.29. The van der Waals surface area contributed by atoms with Crippen molar-refractivity contribution in [3.05, 3.63) is 16.6 Å². The molecule has 3 heteroatoms. The number of nitrogens with zero attached hydrogens (tertiary/aromatic N) is 1.